The van der Waals surface area contributed by atoms with Gasteiger partial charge in [0.05, 0.1) is 12.6 Å². The van der Waals surface area contributed by atoms with Crippen LogP contribution in [0.2, 0.25) is 0 Å². The summed E-state index contributed by atoms with van der Waals surface area (Å²) in [5.74, 6) is 0. The van der Waals surface area contributed by atoms with E-state index in [0.717, 1.165) is 13.1 Å². The van der Waals surface area contributed by atoms with Crippen molar-refractivity contribution in [2.75, 3.05) is 6.54 Å². The SMILES string of the molecule is CCNC(Cn1nccc1C)c1cccc2ccccc12. The van der Waals surface area contributed by atoms with Crippen LogP contribution < -0.4 is 5.32 Å². The molecule has 0 saturated heterocycles. The molecule has 3 nitrogen and oxygen atoms in total. The lowest BCUT2D eigenvalue weighted by Crippen LogP contribution is -2.26. The average molecular weight is 279 g/mol. The molecule has 1 unspecified atom stereocenters. The van der Waals surface area contributed by atoms with Gasteiger partial charge in [-0.2, -0.15) is 5.10 Å². The molecule has 108 valence electrons. The molecular weight excluding hydrogens is 258 g/mol. The van der Waals surface area contributed by atoms with Crippen LogP contribution in [-0.4, -0.2) is 16.3 Å². The van der Waals surface area contributed by atoms with Crippen molar-refractivity contribution in [3.8, 4) is 0 Å². The average Bonchev–Trinajstić information content (AvgIpc) is 2.91. The molecule has 2 aromatic carbocycles. The summed E-state index contributed by atoms with van der Waals surface area (Å²) in [4.78, 5) is 0. The molecule has 0 bridgehead atoms. The van der Waals surface area contributed by atoms with Gasteiger partial charge in [-0.05, 0) is 35.9 Å². The molecule has 0 fully saturated rings. The van der Waals surface area contributed by atoms with Crippen LogP contribution in [0.25, 0.3) is 10.8 Å². The third-order valence-electron chi connectivity index (χ3n) is 3.93. The minimum atomic E-state index is 0.264. The summed E-state index contributed by atoms with van der Waals surface area (Å²) in [6, 6.07) is 17.4. The lowest BCUT2D eigenvalue weighted by molar-refractivity contribution is 0.444. The first-order valence-corrected chi connectivity index (χ1v) is 7.49. The van der Waals surface area contributed by atoms with Gasteiger partial charge >= 0.3 is 0 Å². The smallest absolute Gasteiger partial charge is 0.0607 e. The Hall–Kier alpha value is -2.13. The van der Waals surface area contributed by atoms with Crippen LogP contribution in [0.5, 0.6) is 0 Å². The number of benzene rings is 2. The van der Waals surface area contributed by atoms with E-state index in [9.17, 15) is 0 Å². The number of aromatic nitrogens is 2. The molecule has 0 aliphatic rings. The fourth-order valence-electron chi connectivity index (χ4n) is 2.84. The van der Waals surface area contributed by atoms with Crippen molar-refractivity contribution in [3.63, 3.8) is 0 Å². The molecule has 1 aromatic heterocycles. The van der Waals surface area contributed by atoms with E-state index >= 15 is 0 Å². The Morgan fingerprint density at radius 1 is 1.10 bits per heavy atom. The van der Waals surface area contributed by atoms with Crippen molar-refractivity contribution < 1.29 is 0 Å². The first kappa shape index (κ1) is 13.8. The fraction of sp³-hybridized carbons (Fsp3) is 0.278. The number of hydrogen-bond donors (Lipinski definition) is 1. The lowest BCUT2D eigenvalue weighted by atomic mass is 9.98. The maximum atomic E-state index is 4.42. The standard InChI is InChI=1S/C18H21N3/c1-3-19-18(13-21-14(2)11-12-20-21)17-10-6-8-15-7-4-5-9-16(15)17/h4-12,18-19H,3,13H2,1-2H3. The largest absolute Gasteiger partial charge is 0.309 e. The number of hydrogen-bond acceptors (Lipinski definition) is 2. The van der Waals surface area contributed by atoms with E-state index < -0.39 is 0 Å². The van der Waals surface area contributed by atoms with E-state index in [1.807, 2.05) is 12.3 Å². The number of fused-ring (bicyclic) bond motifs is 1. The van der Waals surface area contributed by atoms with Crippen molar-refractivity contribution >= 4 is 10.8 Å². The Morgan fingerprint density at radius 2 is 1.90 bits per heavy atom. The molecule has 0 spiro atoms. The van der Waals surface area contributed by atoms with Gasteiger partial charge in [0.25, 0.3) is 0 Å². The van der Waals surface area contributed by atoms with Crippen molar-refractivity contribution in [2.24, 2.45) is 0 Å². The maximum absolute atomic E-state index is 4.42. The van der Waals surface area contributed by atoms with Crippen LogP contribution in [0.4, 0.5) is 0 Å². The molecule has 0 amide bonds. The molecule has 0 aliphatic carbocycles. The quantitative estimate of drug-likeness (QED) is 0.772. The van der Waals surface area contributed by atoms with Crippen molar-refractivity contribution in [2.45, 2.75) is 26.4 Å². The third-order valence-corrected chi connectivity index (χ3v) is 3.93. The van der Waals surface area contributed by atoms with E-state index in [0.29, 0.717) is 0 Å². The minimum Gasteiger partial charge on any atom is -0.309 e. The van der Waals surface area contributed by atoms with Gasteiger partial charge in [0.15, 0.2) is 0 Å². The van der Waals surface area contributed by atoms with Crippen LogP contribution in [0.1, 0.15) is 24.2 Å². The van der Waals surface area contributed by atoms with E-state index in [4.69, 9.17) is 0 Å². The second-order valence-corrected chi connectivity index (χ2v) is 5.33. The second kappa shape index (κ2) is 6.10. The molecule has 21 heavy (non-hydrogen) atoms. The van der Waals surface area contributed by atoms with E-state index in [1.165, 1.54) is 22.0 Å². The summed E-state index contributed by atoms with van der Waals surface area (Å²) in [6.07, 6.45) is 1.86. The van der Waals surface area contributed by atoms with E-state index in [-0.39, 0.29) is 6.04 Å². The van der Waals surface area contributed by atoms with Gasteiger partial charge in [-0.1, -0.05) is 49.4 Å². The third kappa shape index (κ3) is 2.83. The topological polar surface area (TPSA) is 29.9 Å². The number of nitrogens with zero attached hydrogens (tertiary/aromatic N) is 2. The van der Waals surface area contributed by atoms with Gasteiger partial charge < -0.3 is 5.32 Å². The molecule has 1 atom stereocenters. The molecule has 1 N–H and O–H groups in total. The summed E-state index contributed by atoms with van der Waals surface area (Å²) < 4.78 is 2.06. The zero-order valence-corrected chi connectivity index (χ0v) is 12.6. The Labute approximate surface area is 125 Å². The highest BCUT2D eigenvalue weighted by molar-refractivity contribution is 5.86. The predicted molar refractivity (Wildman–Crippen MR) is 87.3 cm³/mol. The number of nitrogens with one attached hydrogen (secondary N) is 1. The Kier molecular flexibility index (Phi) is 4.02. The Bertz CT molecular complexity index is 725. The summed E-state index contributed by atoms with van der Waals surface area (Å²) in [7, 11) is 0. The van der Waals surface area contributed by atoms with E-state index in [2.05, 4.69) is 71.4 Å². The highest BCUT2D eigenvalue weighted by Crippen LogP contribution is 2.25. The van der Waals surface area contributed by atoms with Crippen molar-refractivity contribution in [1.29, 1.82) is 0 Å². The van der Waals surface area contributed by atoms with Crippen LogP contribution in [0.3, 0.4) is 0 Å². The number of likely N-dealkylation sites (N-methyl/N-ethyl adjacent to an activating group) is 1. The van der Waals surface area contributed by atoms with Crippen LogP contribution in [0, 0.1) is 6.92 Å². The van der Waals surface area contributed by atoms with Gasteiger partial charge in [0, 0.05) is 11.9 Å². The predicted octanol–water partition coefficient (Wildman–Crippen LogP) is 3.70. The van der Waals surface area contributed by atoms with Crippen LogP contribution >= 0.6 is 0 Å². The number of rotatable bonds is 5. The summed E-state index contributed by atoms with van der Waals surface area (Å²) in [6.45, 7) is 6.03. The highest BCUT2D eigenvalue weighted by Gasteiger charge is 2.14. The van der Waals surface area contributed by atoms with Crippen molar-refractivity contribution in [1.82, 2.24) is 15.1 Å². The summed E-state index contributed by atoms with van der Waals surface area (Å²) in [5, 5.41) is 10.6. The fourth-order valence-corrected chi connectivity index (χ4v) is 2.84. The van der Waals surface area contributed by atoms with Crippen molar-refractivity contribution in [3.05, 3.63) is 66.0 Å². The Balaban J connectivity index is 2.01. The molecule has 3 rings (SSSR count). The zero-order valence-electron chi connectivity index (χ0n) is 12.6. The maximum Gasteiger partial charge on any atom is 0.0607 e. The number of aryl methyl sites for hydroxylation is 1. The second-order valence-electron chi connectivity index (χ2n) is 5.33. The van der Waals surface area contributed by atoms with Gasteiger partial charge in [-0.25, -0.2) is 0 Å². The highest BCUT2D eigenvalue weighted by atomic mass is 15.3. The zero-order chi connectivity index (χ0) is 14.7. The molecule has 0 saturated carbocycles. The van der Waals surface area contributed by atoms with Gasteiger partial charge in [0.1, 0.15) is 0 Å². The molecule has 0 radical (unpaired) electrons. The molecule has 3 aromatic rings. The monoisotopic (exact) mass is 279 g/mol. The van der Waals surface area contributed by atoms with Gasteiger partial charge in [-0.3, -0.25) is 4.68 Å². The Morgan fingerprint density at radius 3 is 2.67 bits per heavy atom. The lowest BCUT2D eigenvalue weighted by Gasteiger charge is -2.21. The molecule has 0 aliphatic heterocycles. The minimum absolute atomic E-state index is 0.264. The first-order chi connectivity index (χ1) is 10.3. The van der Waals surface area contributed by atoms with E-state index in [1.54, 1.807) is 0 Å². The molecule has 3 heteroatoms. The molecular formula is C18H21N3. The van der Waals surface area contributed by atoms with Gasteiger partial charge in [-0.15, -0.1) is 0 Å². The summed E-state index contributed by atoms with van der Waals surface area (Å²) >= 11 is 0. The summed E-state index contributed by atoms with van der Waals surface area (Å²) in [5.41, 5.74) is 2.53. The van der Waals surface area contributed by atoms with Crippen LogP contribution in [0.15, 0.2) is 54.7 Å². The molecule has 1 heterocycles. The van der Waals surface area contributed by atoms with Gasteiger partial charge in [0.2, 0.25) is 0 Å². The normalized spacial score (nSPS) is 12.7. The first-order valence-electron chi connectivity index (χ1n) is 7.49. The van der Waals surface area contributed by atoms with Crippen LogP contribution in [-0.2, 0) is 6.54 Å².